The molecule has 7 aromatic carbocycles. The van der Waals surface area contributed by atoms with Crippen LogP contribution < -0.4 is 0 Å². The zero-order chi connectivity index (χ0) is 58.5. The molecule has 85 heavy (non-hydrogen) atoms. The molecule has 0 saturated carbocycles. The van der Waals surface area contributed by atoms with Crippen LogP contribution in [0.2, 0.25) is 0 Å². The lowest BCUT2D eigenvalue weighted by atomic mass is 9.96. The molecule has 2 saturated heterocycles. The molecule has 4 unspecified atom stereocenters. The summed E-state index contributed by atoms with van der Waals surface area (Å²) in [4.78, 5) is 26.5. The average Bonchev–Trinajstić information content (AvgIpc) is 2.08. The fourth-order valence-corrected chi connectivity index (χ4v) is 10.4. The minimum atomic E-state index is -1.37. The van der Waals surface area contributed by atoms with E-state index in [1.807, 2.05) is 188 Å². The van der Waals surface area contributed by atoms with Gasteiger partial charge < -0.3 is 56.8 Å². The molecular formula is C71H80O14. The number of unbranched alkanes of at least 4 members (excludes halogenated alkanes) is 5. The summed E-state index contributed by atoms with van der Waals surface area (Å²) in [6.07, 6.45) is -4.48. The Morgan fingerprint density at radius 3 is 1.14 bits per heavy atom. The van der Waals surface area contributed by atoms with Gasteiger partial charge in [0.15, 0.2) is 18.7 Å². The van der Waals surface area contributed by atoms with Gasteiger partial charge in [-0.15, -0.1) is 0 Å². The topological polar surface area (TPSA) is 145 Å². The summed E-state index contributed by atoms with van der Waals surface area (Å²) in [5, 5.41) is 0. The van der Waals surface area contributed by atoms with Crippen molar-refractivity contribution < 1.29 is 66.4 Å². The van der Waals surface area contributed by atoms with Crippen LogP contribution in [0.25, 0.3) is 0 Å². The van der Waals surface area contributed by atoms with Crippen molar-refractivity contribution >= 4 is 11.9 Å². The minimum Gasteiger partial charge on any atom is -0.469 e. The summed E-state index contributed by atoms with van der Waals surface area (Å²) in [6.45, 7) is 1.76. The van der Waals surface area contributed by atoms with Crippen LogP contribution in [-0.4, -0.2) is 100 Å². The largest absolute Gasteiger partial charge is 0.469 e. The van der Waals surface area contributed by atoms with Gasteiger partial charge in [-0.25, -0.2) is 4.79 Å². The van der Waals surface area contributed by atoms with E-state index in [-0.39, 0.29) is 52.2 Å². The Balaban J connectivity index is 1.10. The first kappa shape index (κ1) is 62.6. The molecule has 0 aliphatic carbocycles. The van der Waals surface area contributed by atoms with E-state index in [2.05, 4.69) is 0 Å². The molecule has 2 aliphatic heterocycles. The van der Waals surface area contributed by atoms with Gasteiger partial charge in [0.1, 0.15) is 42.7 Å². The van der Waals surface area contributed by atoms with Crippen molar-refractivity contribution in [1.82, 2.24) is 0 Å². The standard InChI is InChI=1S/C71H80O14/c1-74-62(72)43-27-4-2-3-5-28-44-77-70-67(65(80-49-57-37-21-10-22-38-57)63(78-47-55-33-17-8-18-34-55)60(82-70)51-75-45-53-29-13-6-14-30-53)85-71-68(84-69(73)59-41-25-12-26-42-59)66(81-50-58-39-23-11-24-40-58)64(79-48-56-35-19-9-20-36-56)61(83-71)52-76-46-54-31-15-7-16-32-54/h6-26,29-42,60-61,63-68,70-71H,2-5,27-28,43-52H2,1H3/t60?,61?,63-,64-,65-,66-,67?,68?,70+,71-/m1/s1. The lowest BCUT2D eigenvalue weighted by molar-refractivity contribution is -0.379. The number of rotatable bonds is 34. The van der Waals surface area contributed by atoms with E-state index in [9.17, 15) is 9.59 Å². The molecule has 0 bridgehead atoms. The van der Waals surface area contributed by atoms with Crippen LogP contribution >= 0.6 is 0 Å². The molecule has 14 heteroatoms. The zero-order valence-electron chi connectivity index (χ0n) is 48.5. The van der Waals surface area contributed by atoms with Gasteiger partial charge in [0.25, 0.3) is 0 Å². The van der Waals surface area contributed by atoms with Crippen molar-refractivity contribution in [3.8, 4) is 0 Å². The third-order valence-corrected chi connectivity index (χ3v) is 14.9. The van der Waals surface area contributed by atoms with Crippen LogP contribution in [0, 0.1) is 0 Å². The SMILES string of the molecule is COC(=O)CCCCCCCCO[C@H]1OC(COCc2ccccc2)[C@@H](OCc2ccccc2)[C@@H](OCc2ccccc2)C1O[C@H]1OC(COCc2ccccc2)[C@@H](OCc2ccccc2)[C@@H](OCc2ccccc2)C1OC(=O)c1ccccc1. The van der Waals surface area contributed by atoms with Crippen molar-refractivity contribution in [2.24, 2.45) is 0 Å². The summed E-state index contributed by atoms with van der Waals surface area (Å²) in [5.41, 5.74) is 5.96. The van der Waals surface area contributed by atoms with E-state index in [4.69, 9.17) is 56.8 Å². The molecule has 9 rings (SSSR count). The van der Waals surface area contributed by atoms with Gasteiger partial charge in [-0.2, -0.15) is 0 Å². The van der Waals surface area contributed by atoms with E-state index in [1.54, 1.807) is 24.3 Å². The predicted octanol–water partition coefficient (Wildman–Crippen LogP) is 12.7. The Bertz CT molecular complexity index is 2930. The fourth-order valence-electron chi connectivity index (χ4n) is 10.4. The quantitative estimate of drug-likeness (QED) is 0.0279. The predicted molar refractivity (Wildman–Crippen MR) is 320 cm³/mol. The Hall–Kier alpha value is -6.92. The Morgan fingerprint density at radius 1 is 0.365 bits per heavy atom. The second kappa shape index (κ2) is 34.9. The smallest absolute Gasteiger partial charge is 0.338 e. The summed E-state index contributed by atoms with van der Waals surface area (Å²) in [5.74, 6) is -0.816. The number of esters is 2. The number of carbonyl (C=O) groups excluding carboxylic acids is 2. The maximum absolute atomic E-state index is 14.7. The van der Waals surface area contributed by atoms with Crippen LogP contribution in [0.4, 0.5) is 0 Å². The molecule has 0 amide bonds. The third kappa shape index (κ3) is 20.1. The number of carbonyl (C=O) groups is 2. The van der Waals surface area contributed by atoms with Gasteiger partial charge in [-0.05, 0) is 58.4 Å². The third-order valence-electron chi connectivity index (χ3n) is 14.9. The maximum atomic E-state index is 14.7. The van der Waals surface area contributed by atoms with Crippen molar-refractivity contribution in [2.45, 2.75) is 146 Å². The van der Waals surface area contributed by atoms with Gasteiger partial charge in [0, 0.05) is 13.0 Å². The van der Waals surface area contributed by atoms with Gasteiger partial charge in [-0.1, -0.05) is 226 Å². The van der Waals surface area contributed by atoms with E-state index in [0.29, 0.717) is 31.6 Å². The highest BCUT2D eigenvalue weighted by Crippen LogP contribution is 2.37. The lowest BCUT2D eigenvalue weighted by Crippen LogP contribution is -2.66. The molecule has 2 fully saturated rings. The first-order valence-electron chi connectivity index (χ1n) is 29.7. The van der Waals surface area contributed by atoms with E-state index >= 15 is 0 Å². The molecule has 14 nitrogen and oxygen atoms in total. The molecule has 10 atom stereocenters. The van der Waals surface area contributed by atoms with Crippen molar-refractivity contribution in [2.75, 3.05) is 26.9 Å². The highest BCUT2D eigenvalue weighted by molar-refractivity contribution is 5.89. The molecule has 2 heterocycles. The van der Waals surface area contributed by atoms with Crippen molar-refractivity contribution in [1.29, 1.82) is 0 Å². The van der Waals surface area contributed by atoms with E-state index in [1.165, 1.54) is 7.11 Å². The molecule has 0 spiro atoms. The monoisotopic (exact) mass is 1160 g/mol. The Labute approximate surface area is 500 Å². The van der Waals surface area contributed by atoms with Crippen LogP contribution in [0.1, 0.15) is 88.7 Å². The zero-order valence-corrected chi connectivity index (χ0v) is 48.5. The first-order chi connectivity index (χ1) is 42.0. The van der Waals surface area contributed by atoms with Gasteiger partial charge in [0.2, 0.25) is 0 Å². The summed E-state index contributed by atoms with van der Waals surface area (Å²) >= 11 is 0. The van der Waals surface area contributed by atoms with Crippen LogP contribution in [0.3, 0.4) is 0 Å². The number of methoxy groups -OCH3 is 1. The summed E-state index contributed by atoms with van der Waals surface area (Å²) in [6, 6.07) is 68.2. The van der Waals surface area contributed by atoms with Crippen molar-refractivity contribution in [3.63, 3.8) is 0 Å². The number of hydrogen-bond acceptors (Lipinski definition) is 14. The first-order valence-corrected chi connectivity index (χ1v) is 29.7. The van der Waals surface area contributed by atoms with E-state index < -0.39 is 67.4 Å². The normalized spacial score (nSPS) is 22.1. The molecular weight excluding hydrogens is 1080 g/mol. The maximum Gasteiger partial charge on any atom is 0.338 e. The minimum absolute atomic E-state index is 0.0418. The van der Waals surface area contributed by atoms with Crippen molar-refractivity contribution in [3.05, 3.63) is 251 Å². The number of benzene rings is 7. The molecule has 0 aromatic heterocycles. The second-order valence-electron chi connectivity index (χ2n) is 21.3. The van der Waals surface area contributed by atoms with E-state index in [0.717, 1.165) is 65.5 Å². The molecule has 7 aromatic rings. The summed E-state index contributed by atoms with van der Waals surface area (Å²) in [7, 11) is 1.42. The fraction of sp³-hybridized carbons (Fsp3) is 0.380. The van der Waals surface area contributed by atoms with Crippen LogP contribution in [0.15, 0.2) is 212 Å². The molecule has 0 radical (unpaired) electrons. The summed E-state index contributed by atoms with van der Waals surface area (Å²) < 4.78 is 81.7. The van der Waals surface area contributed by atoms with Crippen LogP contribution in [0.5, 0.6) is 0 Å². The molecule has 0 N–H and O–H groups in total. The second-order valence-corrected chi connectivity index (χ2v) is 21.3. The molecule has 448 valence electrons. The number of ether oxygens (including phenoxy) is 12. The van der Waals surface area contributed by atoms with Crippen LogP contribution in [-0.2, 0) is 101 Å². The lowest BCUT2D eigenvalue weighted by Gasteiger charge is -2.50. The Morgan fingerprint density at radius 2 is 0.718 bits per heavy atom. The Kier molecular flexibility index (Phi) is 25.7. The van der Waals surface area contributed by atoms with Gasteiger partial charge in [-0.3, -0.25) is 4.79 Å². The highest BCUT2D eigenvalue weighted by atomic mass is 16.8. The highest BCUT2D eigenvalue weighted by Gasteiger charge is 2.55. The number of hydrogen-bond donors (Lipinski definition) is 0. The molecule has 2 aliphatic rings. The average molecular weight is 1160 g/mol. The van der Waals surface area contributed by atoms with Gasteiger partial charge >= 0.3 is 11.9 Å². The van der Waals surface area contributed by atoms with Gasteiger partial charge in [0.05, 0.1) is 65.5 Å².